The van der Waals surface area contributed by atoms with Gasteiger partial charge in [-0.05, 0) is 17.7 Å². The Morgan fingerprint density at radius 3 is 2.56 bits per heavy atom. The number of nitrogens with zero attached hydrogens (tertiary/aromatic N) is 2. The molecule has 2 aromatic rings. The highest BCUT2D eigenvalue weighted by molar-refractivity contribution is 7.90. The Labute approximate surface area is 113 Å². The van der Waals surface area contributed by atoms with Crippen LogP contribution < -0.4 is 5.73 Å². The lowest BCUT2D eigenvalue weighted by atomic mass is 10.2. The molecule has 0 radical (unpaired) electrons. The molecule has 2 rings (SSSR count). The summed E-state index contributed by atoms with van der Waals surface area (Å²) < 4.78 is 23.9. The second kappa shape index (κ2) is 4.75. The highest BCUT2D eigenvalue weighted by Crippen LogP contribution is 2.24. The number of hydrogen-bond acceptors (Lipinski definition) is 5. The van der Waals surface area contributed by atoms with Crippen LogP contribution in [0.4, 0.5) is 5.95 Å². The Balaban J connectivity index is 2.30. The molecule has 0 atom stereocenters. The van der Waals surface area contributed by atoms with E-state index in [0.29, 0.717) is 15.6 Å². The number of benzene rings is 1. The van der Waals surface area contributed by atoms with Gasteiger partial charge in [-0.15, -0.1) is 5.10 Å². The van der Waals surface area contributed by atoms with E-state index in [1.165, 1.54) is 12.1 Å². The summed E-state index contributed by atoms with van der Waals surface area (Å²) in [5.74, 6) is -0.388. The molecule has 9 heteroatoms. The molecule has 0 aliphatic rings. The summed E-state index contributed by atoms with van der Waals surface area (Å²) in [6, 6.07) is 4.59. The number of nitrogen functional groups attached to an aromatic ring is 1. The van der Waals surface area contributed by atoms with Gasteiger partial charge in [-0.3, -0.25) is 0 Å². The van der Waals surface area contributed by atoms with Gasteiger partial charge in [-0.1, -0.05) is 29.3 Å². The van der Waals surface area contributed by atoms with Crippen LogP contribution in [0.2, 0.25) is 10.0 Å². The number of halogens is 2. The zero-order chi connectivity index (χ0) is 13.3. The van der Waals surface area contributed by atoms with Crippen LogP contribution in [0.1, 0.15) is 5.56 Å². The standard InChI is InChI=1S/C9H8Cl2N4O2S/c10-6-2-1-5(3-7(6)11)4-18(16,17)9-13-8(12)14-15-9/h1-3H,4H2,(H3,12,13,14,15). The molecule has 0 bridgehead atoms. The highest BCUT2D eigenvalue weighted by atomic mass is 35.5. The molecule has 0 unspecified atom stereocenters. The lowest BCUT2D eigenvalue weighted by molar-refractivity contribution is 0.587. The van der Waals surface area contributed by atoms with Crippen LogP contribution in [0.3, 0.4) is 0 Å². The lowest BCUT2D eigenvalue weighted by Crippen LogP contribution is -2.07. The zero-order valence-electron chi connectivity index (χ0n) is 8.89. The number of rotatable bonds is 3. The molecule has 0 fully saturated rings. The Hall–Kier alpha value is -1.31. The van der Waals surface area contributed by atoms with E-state index in [0.717, 1.165) is 0 Å². The van der Waals surface area contributed by atoms with Crippen LogP contribution in [-0.2, 0) is 15.6 Å². The fourth-order valence-electron chi connectivity index (χ4n) is 1.32. The van der Waals surface area contributed by atoms with Gasteiger partial charge in [0.15, 0.2) is 0 Å². The van der Waals surface area contributed by atoms with Gasteiger partial charge in [0.05, 0.1) is 15.8 Å². The van der Waals surface area contributed by atoms with Gasteiger partial charge < -0.3 is 5.73 Å². The quantitative estimate of drug-likeness (QED) is 0.898. The molecule has 0 aliphatic heterocycles. The van der Waals surface area contributed by atoms with Gasteiger partial charge in [-0.2, -0.15) is 4.98 Å². The average Bonchev–Trinajstić information content (AvgIpc) is 2.71. The third-order valence-corrected chi connectivity index (χ3v) is 4.34. The van der Waals surface area contributed by atoms with Crippen LogP contribution in [0.5, 0.6) is 0 Å². The van der Waals surface area contributed by atoms with Gasteiger partial charge in [0.2, 0.25) is 20.9 Å². The SMILES string of the molecule is Nc1n[nH]c(S(=O)(=O)Cc2ccc(Cl)c(Cl)c2)n1. The molecule has 0 spiro atoms. The maximum Gasteiger partial charge on any atom is 0.245 e. The largest absolute Gasteiger partial charge is 0.366 e. The minimum atomic E-state index is -3.63. The molecular weight excluding hydrogens is 299 g/mol. The van der Waals surface area contributed by atoms with E-state index < -0.39 is 9.84 Å². The van der Waals surface area contributed by atoms with Crippen molar-refractivity contribution in [3.8, 4) is 0 Å². The Kier molecular flexibility index (Phi) is 3.47. The average molecular weight is 307 g/mol. The van der Waals surface area contributed by atoms with Crippen LogP contribution >= 0.6 is 23.2 Å². The summed E-state index contributed by atoms with van der Waals surface area (Å²) in [5, 5.41) is 6.11. The predicted octanol–water partition coefficient (Wildman–Crippen LogP) is 1.67. The molecule has 0 amide bonds. The van der Waals surface area contributed by atoms with Crippen molar-refractivity contribution in [1.82, 2.24) is 15.2 Å². The van der Waals surface area contributed by atoms with Gasteiger partial charge in [0.25, 0.3) is 0 Å². The number of aromatic amines is 1. The van der Waals surface area contributed by atoms with Crippen molar-refractivity contribution >= 4 is 39.0 Å². The first kappa shape index (κ1) is 13.1. The van der Waals surface area contributed by atoms with E-state index in [-0.39, 0.29) is 16.9 Å². The van der Waals surface area contributed by atoms with E-state index in [4.69, 9.17) is 28.9 Å². The first-order chi connectivity index (χ1) is 8.38. The third kappa shape index (κ3) is 2.74. The molecular formula is C9H8Cl2N4O2S. The fraction of sp³-hybridized carbons (Fsp3) is 0.111. The molecule has 0 saturated carbocycles. The van der Waals surface area contributed by atoms with E-state index in [1.807, 2.05) is 0 Å². The van der Waals surface area contributed by atoms with Crippen LogP contribution in [0, 0.1) is 0 Å². The summed E-state index contributed by atoms with van der Waals surface area (Å²) >= 11 is 11.6. The normalized spacial score (nSPS) is 11.7. The van der Waals surface area contributed by atoms with Crippen LogP contribution in [0.25, 0.3) is 0 Å². The smallest absolute Gasteiger partial charge is 0.245 e. The van der Waals surface area contributed by atoms with Crippen LogP contribution in [0.15, 0.2) is 23.4 Å². The molecule has 6 nitrogen and oxygen atoms in total. The molecule has 1 aromatic heterocycles. The fourth-order valence-corrected chi connectivity index (χ4v) is 2.81. The van der Waals surface area contributed by atoms with Crippen molar-refractivity contribution in [2.75, 3.05) is 5.73 Å². The molecule has 0 aliphatic carbocycles. The summed E-state index contributed by atoms with van der Waals surface area (Å²) in [6.07, 6.45) is 0. The number of sulfone groups is 1. The number of H-pyrrole nitrogens is 1. The molecule has 3 N–H and O–H groups in total. The molecule has 0 saturated heterocycles. The number of hydrogen-bond donors (Lipinski definition) is 2. The number of aromatic nitrogens is 3. The van der Waals surface area contributed by atoms with E-state index in [2.05, 4.69) is 15.2 Å². The zero-order valence-corrected chi connectivity index (χ0v) is 11.2. The Morgan fingerprint density at radius 2 is 2.00 bits per heavy atom. The molecule has 96 valence electrons. The summed E-state index contributed by atoms with van der Waals surface area (Å²) in [7, 11) is -3.63. The van der Waals surface area contributed by atoms with Crippen molar-refractivity contribution in [3.05, 3.63) is 33.8 Å². The van der Waals surface area contributed by atoms with Gasteiger partial charge in [0, 0.05) is 0 Å². The van der Waals surface area contributed by atoms with Gasteiger partial charge in [-0.25, -0.2) is 13.5 Å². The van der Waals surface area contributed by atoms with Gasteiger partial charge in [0.1, 0.15) is 0 Å². The monoisotopic (exact) mass is 306 g/mol. The Morgan fingerprint density at radius 1 is 1.28 bits per heavy atom. The molecule has 1 aromatic carbocycles. The first-order valence-corrected chi connectivity index (χ1v) is 7.14. The minimum absolute atomic E-state index is 0.122. The maximum atomic E-state index is 11.9. The first-order valence-electron chi connectivity index (χ1n) is 4.73. The van der Waals surface area contributed by atoms with Crippen molar-refractivity contribution in [1.29, 1.82) is 0 Å². The van der Waals surface area contributed by atoms with E-state index >= 15 is 0 Å². The topological polar surface area (TPSA) is 102 Å². The second-order valence-corrected chi connectivity index (χ2v) is 6.23. The lowest BCUT2D eigenvalue weighted by Gasteiger charge is -2.02. The summed E-state index contributed by atoms with van der Waals surface area (Å²) in [5.41, 5.74) is 5.76. The van der Waals surface area contributed by atoms with Gasteiger partial charge >= 0.3 is 0 Å². The minimum Gasteiger partial charge on any atom is -0.366 e. The maximum absolute atomic E-state index is 11.9. The highest BCUT2D eigenvalue weighted by Gasteiger charge is 2.20. The van der Waals surface area contributed by atoms with Crippen molar-refractivity contribution in [2.45, 2.75) is 10.9 Å². The summed E-state index contributed by atoms with van der Waals surface area (Å²) in [6.45, 7) is 0. The molecule has 1 heterocycles. The second-order valence-electron chi connectivity index (χ2n) is 3.51. The number of anilines is 1. The van der Waals surface area contributed by atoms with Crippen molar-refractivity contribution < 1.29 is 8.42 Å². The summed E-state index contributed by atoms with van der Waals surface area (Å²) in [4.78, 5) is 3.58. The third-order valence-electron chi connectivity index (χ3n) is 2.12. The van der Waals surface area contributed by atoms with Crippen molar-refractivity contribution in [3.63, 3.8) is 0 Å². The van der Waals surface area contributed by atoms with E-state index in [1.54, 1.807) is 6.07 Å². The molecule has 18 heavy (non-hydrogen) atoms. The van der Waals surface area contributed by atoms with Crippen molar-refractivity contribution in [2.24, 2.45) is 0 Å². The number of nitrogens with two attached hydrogens (primary N) is 1. The Bertz CT molecular complexity index is 684. The van der Waals surface area contributed by atoms with E-state index in [9.17, 15) is 8.42 Å². The number of nitrogens with one attached hydrogen (secondary N) is 1. The van der Waals surface area contributed by atoms with Crippen LogP contribution in [-0.4, -0.2) is 23.6 Å². The predicted molar refractivity (Wildman–Crippen MR) is 68.1 cm³/mol.